The van der Waals surface area contributed by atoms with Gasteiger partial charge in [-0.1, -0.05) is 44.0 Å². The maximum absolute atomic E-state index is 13.0. The topological polar surface area (TPSA) is 35.0 Å². The Balaban J connectivity index is 2.36. The van der Waals surface area contributed by atoms with Crippen LogP contribution in [0.25, 0.3) is 0 Å². The molecule has 3 nitrogen and oxygen atoms in total. The summed E-state index contributed by atoms with van der Waals surface area (Å²) in [5.41, 5.74) is -0.268. The number of nitrogens with zero attached hydrogens (tertiary/aromatic N) is 2. The van der Waals surface area contributed by atoms with Crippen LogP contribution in [0.3, 0.4) is 0 Å². The molecule has 2 aromatic rings. The molecule has 0 bridgehead atoms. The van der Waals surface area contributed by atoms with Crippen LogP contribution in [0.1, 0.15) is 26.6 Å². The largest absolute Gasteiger partial charge is 0.437 e. The van der Waals surface area contributed by atoms with Crippen LogP contribution < -0.4 is 4.74 Å². The molecule has 0 saturated carbocycles. The second-order valence-electron chi connectivity index (χ2n) is 5.28. The minimum Gasteiger partial charge on any atom is -0.437 e. The van der Waals surface area contributed by atoms with Crippen LogP contribution in [-0.4, -0.2) is 9.97 Å². The molecule has 1 aromatic carbocycles. The molecule has 0 aliphatic rings. The summed E-state index contributed by atoms with van der Waals surface area (Å²) in [7, 11) is 0. The molecule has 0 fully saturated rings. The fourth-order valence-electron chi connectivity index (χ4n) is 1.46. The number of aromatic nitrogens is 2. The summed E-state index contributed by atoms with van der Waals surface area (Å²) in [6, 6.07) is 5.35. The molecule has 20 heavy (non-hydrogen) atoms. The highest BCUT2D eigenvalue weighted by Gasteiger charge is 2.19. The van der Waals surface area contributed by atoms with Gasteiger partial charge in [-0.2, -0.15) is 4.98 Å². The normalized spacial score (nSPS) is 11.5. The lowest BCUT2D eigenvalue weighted by Gasteiger charge is -2.17. The Labute approximate surface area is 126 Å². The minimum atomic E-state index is -0.432. The molecule has 0 atom stereocenters. The first-order valence-electron chi connectivity index (χ1n) is 5.94. The van der Waals surface area contributed by atoms with E-state index >= 15 is 0 Å². The van der Waals surface area contributed by atoms with E-state index in [2.05, 4.69) is 9.97 Å². The van der Waals surface area contributed by atoms with Crippen molar-refractivity contribution < 1.29 is 9.13 Å². The Bertz CT molecular complexity index is 642. The molecule has 1 aromatic heterocycles. The van der Waals surface area contributed by atoms with Crippen molar-refractivity contribution in [3.8, 4) is 11.6 Å². The first-order valence-corrected chi connectivity index (χ1v) is 6.69. The van der Waals surface area contributed by atoms with Crippen LogP contribution in [0.15, 0.2) is 24.3 Å². The first kappa shape index (κ1) is 15.0. The first-order chi connectivity index (χ1) is 9.25. The number of halogens is 3. The number of ether oxygens (including phenoxy) is 1. The summed E-state index contributed by atoms with van der Waals surface area (Å²) in [6.45, 7) is 5.90. The average Bonchev–Trinajstić information content (AvgIpc) is 2.31. The Morgan fingerprint density at radius 2 is 1.80 bits per heavy atom. The second kappa shape index (κ2) is 5.54. The fourth-order valence-corrected chi connectivity index (χ4v) is 1.83. The van der Waals surface area contributed by atoms with Gasteiger partial charge in [-0.05, 0) is 18.2 Å². The van der Waals surface area contributed by atoms with Crippen molar-refractivity contribution in [1.29, 1.82) is 0 Å². The van der Waals surface area contributed by atoms with Gasteiger partial charge in [0.25, 0.3) is 0 Å². The Kier molecular flexibility index (Phi) is 4.16. The van der Waals surface area contributed by atoms with Crippen molar-refractivity contribution in [1.82, 2.24) is 9.97 Å². The molecule has 0 radical (unpaired) electrons. The molecule has 0 aliphatic heterocycles. The Morgan fingerprint density at radius 1 is 1.10 bits per heavy atom. The lowest BCUT2D eigenvalue weighted by Crippen LogP contribution is -2.16. The van der Waals surface area contributed by atoms with E-state index < -0.39 is 5.82 Å². The highest BCUT2D eigenvalue weighted by Crippen LogP contribution is 2.31. The minimum absolute atomic E-state index is 0.164. The maximum atomic E-state index is 13.0. The molecule has 6 heteroatoms. The van der Waals surface area contributed by atoms with Crippen molar-refractivity contribution in [2.45, 2.75) is 26.2 Å². The summed E-state index contributed by atoms with van der Waals surface area (Å²) in [5, 5.41) is 0.440. The molecule has 2 rings (SSSR count). The zero-order chi connectivity index (χ0) is 14.9. The van der Waals surface area contributed by atoms with E-state index in [1.807, 2.05) is 20.8 Å². The van der Waals surface area contributed by atoms with E-state index in [4.69, 9.17) is 27.9 Å². The molecule has 0 amide bonds. The third kappa shape index (κ3) is 3.58. The zero-order valence-electron chi connectivity index (χ0n) is 11.2. The molecule has 0 spiro atoms. The van der Waals surface area contributed by atoms with Crippen molar-refractivity contribution >= 4 is 23.2 Å². The van der Waals surface area contributed by atoms with Crippen LogP contribution in [-0.2, 0) is 5.41 Å². The predicted molar refractivity (Wildman–Crippen MR) is 77.2 cm³/mol. The van der Waals surface area contributed by atoms with Gasteiger partial charge in [0.2, 0.25) is 5.88 Å². The van der Waals surface area contributed by atoms with Crippen molar-refractivity contribution in [2.75, 3.05) is 0 Å². The summed E-state index contributed by atoms with van der Waals surface area (Å²) in [5.74, 6) is 0.697. The second-order valence-corrected chi connectivity index (χ2v) is 6.07. The van der Waals surface area contributed by atoms with Gasteiger partial charge in [0.15, 0.2) is 0 Å². The Hall–Kier alpha value is -1.39. The van der Waals surface area contributed by atoms with Gasteiger partial charge in [-0.25, -0.2) is 9.37 Å². The van der Waals surface area contributed by atoms with Gasteiger partial charge in [0.1, 0.15) is 22.5 Å². The number of hydrogen-bond acceptors (Lipinski definition) is 3. The highest BCUT2D eigenvalue weighted by molar-refractivity contribution is 6.32. The summed E-state index contributed by atoms with van der Waals surface area (Å²) in [4.78, 5) is 8.46. The molecule has 1 heterocycles. The van der Waals surface area contributed by atoms with E-state index in [1.54, 1.807) is 0 Å². The van der Waals surface area contributed by atoms with Gasteiger partial charge >= 0.3 is 0 Å². The predicted octanol–water partition coefficient (Wildman–Crippen LogP) is 5.01. The fraction of sp³-hybridized carbons (Fsp3) is 0.286. The van der Waals surface area contributed by atoms with Gasteiger partial charge in [-0.15, -0.1) is 0 Å². The summed E-state index contributed by atoms with van der Waals surface area (Å²) >= 11 is 11.9. The average molecular weight is 315 g/mol. The lowest BCUT2D eigenvalue weighted by atomic mass is 9.96. The molecule has 106 valence electrons. The lowest BCUT2D eigenvalue weighted by molar-refractivity contribution is 0.445. The van der Waals surface area contributed by atoms with E-state index in [9.17, 15) is 4.39 Å². The van der Waals surface area contributed by atoms with E-state index in [1.165, 1.54) is 24.3 Å². The van der Waals surface area contributed by atoms with E-state index in [0.717, 1.165) is 0 Å². The van der Waals surface area contributed by atoms with Gasteiger partial charge < -0.3 is 4.74 Å². The van der Waals surface area contributed by atoms with Crippen molar-refractivity contribution in [3.63, 3.8) is 0 Å². The van der Waals surface area contributed by atoms with Gasteiger partial charge in [0, 0.05) is 11.5 Å². The smallest absolute Gasteiger partial charge is 0.224 e. The van der Waals surface area contributed by atoms with Crippen LogP contribution in [0.2, 0.25) is 10.2 Å². The van der Waals surface area contributed by atoms with E-state index in [0.29, 0.717) is 11.6 Å². The third-order valence-electron chi connectivity index (χ3n) is 2.45. The number of hydrogen-bond donors (Lipinski definition) is 0. The van der Waals surface area contributed by atoms with Gasteiger partial charge in [0.05, 0.1) is 5.02 Å². The van der Waals surface area contributed by atoms with Crippen LogP contribution in [0.4, 0.5) is 4.39 Å². The molecular formula is C14H13Cl2FN2O. The molecule has 0 aliphatic carbocycles. The van der Waals surface area contributed by atoms with Gasteiger partial charge in [-0.3, -0.25) is 0 Å². The zero-order valence-corrected chi connectivity index (χ0v) is 12.8. The maximum Gasteiger partial charge on any atom is 0.224 e. The highest BCUT2D eigenvalue weighted by atomic mass is 35.5. The van der Waals surface area contributed by atoms with E-state index in [-0.39, 0.29) is 21.5 Å². The number of benzene rings is 1. The van der Waals surface area contributed by atoms with Crippen LogP contribution >= 0.6 is 23.2 Å². The Morgan fingerprint density at radius 3 is 2.40 bits per heavy atom. The number of rotatable bonds is 2. The molecule has 0 unspecified atom stereocenters. The summed E-state index contributed by atoms with van der Waals surface area (Å²) < 4.78 is 18.5. The van der Waals surface area contributed by atoms with Crippen LogP contribution in [0.5, 0.6) is 11.6 Å². The molecule has 0 N–H and O–H groups in total. The van der Waals surface area contributed by atoms with Crippen molar-refractivity contribution in [3.05, 3.63) is 46.1 Å². The SMILES string of the molecule is CC(C)(C)c1nc(Cl)cc(Oc2ccc(F)cc2Cl)n1. The molecule has 0 saturated heterocycles. The van der Waals surface area contributed by atoms with Crippen molar-refractivity contribution in [2.24, 2.45) is 0 Å². The monoisotopic (exact) mass is 314 g/mol. The quantitative estimate of drug-likeness (QED) is 0.731. The summed E-state index contributed by atoms with van der Waals surface area (Å²) in [6.07, 6.45) is 0. The van der Waals surface area contributed by atoms with Crippen LogP contribution in [0, 0.1) is 5.82 Å². The standard InChI is InChI=1S/C14H13Cl2FN2O/c1-14(2,3)13-18-11(16)7-12(19-13)20-10-5-4-8(17)6-9(10)15/h4-7H,1-3H3. The molecular weight excluding hydrogens is 302 g/mol. The third-order valence-corrected chi connectivity index (χ3v) is 2.94.